The molecule has 0 N–H and O–H groups in total. The zero-order valence-corrected chi connectivity index (χ0v) is 15.6. The monoisotopic (exact) mass is 385 g/mol. The quantitative estimate of drug-likeness (QED) is 0.460. The predicted octanol–water partition coefficient (Wildman–Crippen LogP) is 5.00. The SMILES string of the molecule is O=C1/C(=C/c2ccccc2)N=C(c2ccccc2)N1/N=C/c1ccccc1Cl. The Balaban J connectivity index is 1.74. The third-order valence-electron chi connectivity index (χ3n) is 4.19. The molecule has 3 aromatic carbocycles. The van der Waals surface area contributed by atoms with Crippen molar-refractivity contribution in [1.29, 1.82) is 0 Å². The van der Waals surface area contributed by atoms with Crippen molar-refractivity contribution >= 4 is 35.6 Å². The summed E-state index contributed by atoms with van der Waals surface area (Å²) in [5, 5.41) is 6.27. The molecule has 136 valence electrons. The van der Waals surface area contributed by atoms with Gasteiger partial charge in [0.2, 0.25) is 0 Å². The fourth-order valence-corrected chi connectivity index (χ4v) is 2.98. The Morgan fingerprint density at radius 2 is 1.50 bits per heavy atom. The van der Waals surface area contributed by atoms with Crippen LogP contribution in [0.1, 0.15) is 16.7 Å². The van der Waals surface area contributed by atoms with Gasteiger partial charge in [-0.05, 0) is 17.7 Å². The molecule has 5 heteroatoms. The van der Waals surface area contributed by atoms with Crippen LogP contribution in [-0.4, -0.2) is 23.0 Å². The molecule has 0 aromatic heterocycles. The normalized spacial score (nSPS) is 15.5. The Hall–Kier alpha value is -3.50. The van der Waals surface area contributed by atoms with Crippen molar-refractivity contribution < 1.29 is 4.79 Å². The maximum atomic E-state index is 13.0. The van der Waals surface area contributed by atoms with Gasteiger partial charge in [-0.1, -0.05) is 90.5 Å². The van der Waals surface area contributed by atoms with Gasteiger partial charge in [-0.3, -0.25) is 4.79 Å². The molecule has 0 spiro atoms. The second kappa shape index (κ2) is 8.03. The first-order valence-corrected chi connectivity index (χ1v) is 9.14. The van der Waals surface area contributed by atoms with E-state index < -0.39 is 0 Å². The van der Waals surface area contributed by atoms with Gasteiger partial charge in [0.25, 0.3) is 5.91 Å². The van der Waals surface area contributed by atoms with Crippen LogP contribution in [0.25, 0.3) is 6.08 Å². The summed E-state index contributed by atoms with van der Waals surface area (Å²) in [5.41, 5.74) is 2.77. The molecule has 0 unspecified atom stereocenters. The summed E-state index contributed by atoms with van der Waals surface area (Å²) in [6.45, 7) is 0. The average molecular weight is 386 g/mol. The number of hydrazone groups is 1. The van der Waals surface area contributed by atoms with Crippen molar-refractivity contribution in [3.63, 3.8) is 0 Å². The number of amidine groups is 1. The van der Waals surface area contributed by atoms with Crippen LogP contribution in [0.3, 0.4) is 0 Å². The molecule has 1 aliphatic heterocycles. The number of rotatable bonds is 4. The topological polar surface area (TPSA) is 45.0 Å². The molecule has 1 heterocycles. The lowest BCUT2D eigenvalue weighted by Gasteiger charge is -2.12. The van der Waals surface area contributed by atoms with E-state index in [1.54, 1.807) is 18.4 Å². The molecule has 0 bridgehead atoms. The summed E-state index contributed by atoms with van der Waals surface area (Å²) in [6, 6.07) is 26.5. The van der Waals surface area contributed by atoms with Gasteiger partial charge >= 0.3 is 0 Å². The highest BCUT2D eigenvalue weighted by Crippen LogP contribution is 2.23. The van der Waals surface area contributed by atoms with Gasteiger partial charge < -0.3 is 0 Å². The number of hydrogen-bond acceptors (Lipinski definition) is 3. The molecule has 3 aromatic rings. The van der Waals surface area contributed by atoms with Gasteiger partial charge in [0.1, 0.15) is 5.70 Å². The standard InChI is InChI=1S/C23H16ClN3O/c24-20-14-8-7-13-19(20)16-25-27-22(18-11-5-2-6-12-18)26-21(23(27)28)15-17-9-3-1-4-10-17/h1-16H/b21-15-,25-16+. The summed E-state index contributed by atoms with van der Waals surface area (Å²) in [7, 11) is 0. The minimum absolute atomic E-state index is 0.286. The minimum atomic E-state index is -0.286. The van der Waals surface area contributed by atoms with E-state index in [1.165, 1.54) is 5.01 Å². The van der Waals surface area contributed by atoms with Crippen LogP contribution in [0.15, 0.2) is 101 Å². The van der Waals surface area contributed by atoms with Crippen LogP contribution >= 0.6 is 11.6 Å². The molecule has 1 amide bonds. The molecule has 28 heavy (non-hydrogen) atoms. The lowest BCUT2D eigenvalue weighted by molar-refractivity contribution is -0.122. The highest BCUT2D eigenvalue weighted by molar-refractivity contribution is 6.33. The van der Waals surface area contributed by atoms with Crippen LogP contribution in [0, 0.1) is 0 Å². The Morgan fingerprint density at radius 1 is 0.857 bits per heavy atom. The molecular weight excluding hydrogens is 370 g/mol. The summed E-state index contributed by atoms with van der Waals surface area (Å²) in [4.78, 5) is 17.6. The maximum absolute atomic E-state index is 13.0. The van der Waals surface area contributed by atoms with Crippen LogP contribution < -0.4 is 0 Å². The Labute approximate surface area is 168 Å². The average Bonchev–Trinajstić information content (AvgIpc) is 3.04. The van der Waals surface area contributed by atoms with Gasteiger partial charge in [0.15, 0.2) is 5.84 Å². The van der Waals surface area contributed by atoms with Crippen molar-refractivity contribution in [3.8, 4) is 0 Å². The summed E-state index contributed by atoms with van der Waals surface area (Å²) >= 11 is 6.20. The van der Waals surface area contributed by atoms with Gasteiger partial charge in [-0.25, -0.2) is 4.99 Å². The van der Waals surface area contributed by atoms with Crippen LogP contribution in [-0.2, 0) is 4.79 Å². The molecule has 0 saturated heterocycles. The first-order valence-electron chi connectivity index (χ1n) is 8.76. The van der Waals surface area contributed by atoms with Crippen molar-refractivity contribution in [1.82, 2.24) is 5.01 Å². The minimum Gasteiger partial charge on any atom is -0.265 e. The summed E-state index contributed by atoms with van der Waals surface area (Å²) in [5.74, 6) is 0.196. The number of benzene rings is 3. The Bertz CT molecular complexity index is 1090. The van der Waals surface area contributed by atoms with Crippen molar-refractivity contribution in [3.05, 3.63) is 112 Å². The van der Waals surface area contributed by atoms with Gasteiger partial charge in [-0.2, -0.15) is 10.1 Å². The number of carbonyl (C=O) groups is 1. The maximum Gasteiger partial charge on any atom is 0.298 e. The zero-order chi connectivity index (χ0) is 19.3. The smallest absolute Gasteiger partial charge is 0.265 e. The third-order valence-corrected chi connectivity index (χ3v) is 4.54. The van der Waals surface area contributed by atoms with E-state index in [4.69, 9.17) is 11.6 Å². The number of hydrogen-bond donors (Lipinski definition) is 0. The highest BCUT2D eigenvalue weighted by Gasteiger charge is 2.31. The molecule has 0 saturated carbocycles. The van der Waals surface area contributed by atoms with E-state index in [9.17, 15) is 4.79 Å². The number of aliphatic imine (C=N–C) groups is 1. The first kappa shape index (κ1) is 17.9. The third kappa shape index (κ3) is 3.77. The summed E-state index contributed by atoms with van der Waals surface area (Å²) in [6.07, 6.45) is 3.33. The molecule has 0 aliphatic carbocycles. The lowest BCUT2D eigenvalue weighted by Crippen LogP contribution is -2.27. The fraction of sp³-hybridized carbons (Fsp3) is 0. The van der Waals surface area contributed by atoms with E-state index in [1.807, 2.05) is 78.9 Å². The van der Waals surface area contributed by atoms with E-state index in [-0.39, 0.29) is 5.91 Å². The fourth-order valence-electron chi connectivity index (χ4n) is 2.80. The molecule has 4 nitrogen and oxygen atoms in total. The lowest BCUT2D eigenvalue weighted by atomic mass is 10.2. The summed E-state index contributed by atoms with van der Waals surface area (Å²) < 4.78 is 0. The number of amides is 1. The van der Waals surface area contributed by atoms with E-state index in [0.29, 0.717) is 16.6 Å². The Morgan fingerprint density at radius 3 is 2.21 bits per heavy atom. The van der Waals surface area contributed by atoms with Crippen LogP contribution in [0.4, 0.5) is 0 Å². The molecule has 4 rings (SSSR count). The van der Waals surface area contributed by atoms with Crippen molar-refractivity contribution in [2.75, 3.05) is 0 Å². The first-order chi connectivity index (χ1) is 13.7. The van der Waals surface area contributed by atoms with E-state index >= 15 is 0 Å². The van der Waals surface area contributed by atoms with Crippen molar-refractivity contribution in [2.24, 2.45) is 10.1 Å². The van der Waals surface area contributed by atoms with E-state index in [2.05, 4.69) is 10.1 Å². The molecule has 0 atom stereocenters. The number of carbonyl (C=O) groups excluding carboxylic acids is 1. The molecule has 1 aliphatic rings. The predicted molar refractivity (Wildman–Crippen MR) is 113 cm³/mol. The van der Waals surface area contributed by atoms with Gasteiger partial charge in [0.05, 0.1) is 6.21 Å². The number of halogens is 1. The molecular formula is C23H16ClN3O. The molecule has 0 radical (unpaired) electrons. The second-order valence-corrected chi connectivity index (χ2v) is 6.53. The highest BCUT2D eigenvalue weighted by atomic mass is 35.5. The van der Waals surface area contributed by atoms with Gasteiger partial charge in [0, 0.05) is 16.1 Å². The zero-order valence-electron chi connectivity index (χ0n) is 14.9. The van der Waals surface area contributed by atoms with Gasteiger partial charge in [-0.15, -0.1) is 0 Å². The largest absolute Gasteiger partial charge is 0.298 e. The number of nitrogens with zero attached hydrogens (tertiary/aromatic N) is 3. The van der Waals surface area contributed by atoms with Crippen molar-refractivity contribution in [2.45, 2.75) is 0 Å². The molecule has 0 fully saturated rings. The Kier molecular flexibility index (Phi) is 5.13. The van der Waals surface area contributed by atoms with E-state index in [0.717, 1.165) is 16.7 Å². The van der Waals surface area contributed by atoms with Crippen LogP contribution in [0.2, 0.25) is 5.02 Å². The van der Waals surface area contributed by atoms with Crippen LogP contribution in [0.5, 0.6) is 0 Å². The second-order valence-electron chi connectivity index (χ2n) is 6.12.